The van der Waals surface area contributed by atoms with Gasteiger partial charge in [-0.05, 0) is 31.0 Å². The lowest BCUT2D eigenvalue weighted by atomic mass is 10.1. The molecule has 0 heterocycles. The summed E-state index contributed by atoms with van der Waals surface area (Å²) in [5.41, 5.74) is 8.39. The molecule has 1 aromatic rings. The third-order valence-electron chi connectivity index (χ3n) is 2.98. The highest BCUT2D eigenvalue weighted by Crippen LogP contribution is 2.18. The van der Waals surface area contributed by atoms with Gasteiger partial charge in [0.15, 0.2) is 0 Å². The van der Waals surface area contributed by atoms with Gasteiger partial charge in [0.2, 0.25) is 0 Å². The summed E-state index contributed by atoms with van der Waals surface area (Å²) in [7, 11) is 2.08. The van der Waals surface area contributed by atoms with Crippen LogP contribution in [0.15, 0.2) is 24.3 Å². The van der Waals surface area contributed by atoms with Crippen LogP contribution in [0.3, 0.4) is 0 Å². The van der Waals surface area contributed by atoms with Crippen LogP contribution in [-0.2, 0) is 4.74 Å². The van der Waals surface area contributed by atoms with Gasteiger partial charge in [-0.25, -0.2) is 0 Å². The Morgan fingerprint density at radius 2 is 1.88 bits per heavy atom. The molecule has 1 unspecified atom stereocenters. The van der Waals surface area contributed by atoms with Crippen LogP contribution in [0.4, 0.5) is 5.69 Å². The number of hydrogen-bond donors (Lipinski definition) is 1. The van der Waals surface area contributed by atoms with E-state index >= 15 is 0 Å². The van der Waals surface area contributed by atoms with E-state index in [0.717, 1.165) is 26.2 Å². The Balaban J connectivity index is 2.54. The third-order valence-corrected chi connectivity index (χ3v) is 2.98. The molecule has 3 nitrogen and oxygen atoms in total. The standard InChI is InChI=1S/C14H24N2O/c1-4-14(15)12-6-8-13(9-7-12)16(3)10-11-17-5-2/h6-9,14H,4-5,10-11,15H2,1-3H3. The van der Waals surface area contributed by atoms with E-state index in [1.165, 1.54) is 11.3 Å². The van der Waals surface area contributed by atoms with Crippen molar-refractivity contribution in [2.24, 2.45) is 5.73 Å². The molecule has 1 rings (SSSR count). The second-order valence-corrected chi connectivity index (χ2v) is 4.22. The molecule has 0 bridgehead atoms. The minimum absolute atomic E-state index is 0.151. The van der Waals surface area contributed by atoms with E-state index < -0.39 is 0 Å². The summed E-state index contributed by atoms with van der Waals surface area (Å²) < 4.78 is 5.34. The van der Waals surface area contributed by atoms with Crippen molar-refractivity contribution in [3.05, 3.63) is 29.8 Å². The van der Waals surface area contributed by atoms with E-state index in [1.807, 2.05) is 6.92 Å². The van der Waals surface area contributed by atoms with Crippen LogP contribution in [0.25, 0.3) is 0 Å². The largest absolute Gasteiger partial charge is 0.380 e. The molecule has 0 aliphatic rings. The lowest BCUT2D eigenvalue weighted by molar-refractivity contribution is 0.154. The second kappa shape index (κ2) is 7.30. The van der Waals surface area contributed by atoms with Crippen LogP contribution in [0.1, 0.15) is 31.9 Å². The lowest BCUT2D eigenvalue weighted by Gasteiger charge is -2.20. The predicted molar refractivity (Wildman–Crippen MR) is 73.4 cm³/mol. The molecule has 17 heavy (non-hydrogen) atoms. The molecule has 0 aliphatic heterocycles. The molecule has 0 aromatic heterocycles. The Hall–Kier alpha value is -1.06. The minimum Gasteiger partial charge on any atom is -0.380 e. The highest BCUT2D eigenvalue weighted by molar-refractivity contribution is 5.47. The van der Waals surface area contributed by atoms with Gasteiger partial charge in [-0.15, -0.1) is 0 Å². The monoisotopic (exact) mass is 236 g/mol. The Morgan fingerprint density at radius 3 is 2.41 bits per heavy atom. The number of rotatable bonds is 7. The smallest absolute Gasteiger partial charge is 0.0641 e. The quantitative estimate of drug-likeness (QED) is 0.739. The van der Waals surface area contributed by atoms with E-state index in [2.05, 4.69) is 43.1 Å². The van der Waals surface area contributed by atoms with Gasteiger partial charge in [0.1, 0.15) is 0 Å². The van der Waals surface area contributed by atoms with Gasteiger partial charge < -0.3 is 15.4 Å². The molecule has 0 amide bonds. The fourth-order valence-electron chi connectivity index (χ4n) is 1.69. The average Bonchev–Trinajstić information content (AvgIpc) is 2.38. The summed E-state index contributed by atoms with van der Waals surface area (Å²) in [5, 5.41) is 0. The van der Waals surface area contributed by atoms with Crippen molar-refractivity contribution in [2.75, 3.05) is 31.7 Å². The summed E-state index contributed by atoms with van der Waals surface area (Å²) in [5.74, 6) is 0. The molecule has 1 aromatic carbocycles. The van der Waals surface area contributed by atoms with Crippen LogP contribution in [0.5, 0.6) is 0 Å². The van der Waals surface area contributed by atoms with Crippen LogP contribution in [0.2, 0.25) is 0 Å². The fraction of sp³-hybridized carbons (Fsp3) is 0.571. The van der Waals surface area contributed by atoms with Gasteiger partial charge in [0.25, 0.3) is 0 Å². The molecule has 3 heteroatoms. The second-order valence-electron chi connectivity index (χ2n) is 4.22. The first kappa shape index (κ1) is 14.0. The van der Waals surface area contributed by atoms with Crippen LogP contribution < -0.4 is 10.6 Å². The zero-order valence-electron chi connectivity index (χ0n) is 11.1. The fourth-order valence-corrected chi connectivity index (χ4v) is 1.69. The topological polar surface area (TPSA) is 38.5 Å². The summed E-state index contributed by atoms with van der Waals surface area (Å²) >= 11 is 0. The molecule has 0 aliphatic carbocycles. The maximum atomic E-state index is 5.99. The van der Waals surface area contributed by atoms with Crippen molar-refractivity contribution < 1.29 is 4.74 Å². The van der Waals surface area contributed by atoms with Crippen molar-refractivity contribution in [1.29, 1.82) is 0 Å². The van der Waals surface area contributed by atoms with Crippen molar-refractivity contribution in [2.45, 2.75) is 26.3 Å². The van der Waals surface area contributed by atoms with Gasteiger partial charge in [-0.1, -0.05) is 19.1 Å². The molecule has 1 atom stereocenters. The number of hydrogen-bond acceptors (Lipinski definition) is 3. The van der Waals surface area contributed by atoms with Crippen LogP contribution in [-0.4, -0.2) is 26.8 Å². The van der Waals surface area contributed by atoms with Crippen molar-refractivity contribution in [3.63, 3.8) is 0 Å². The summed E-state index contributed by atoms with van der Waals surface area (Å²) in [6.07, 6.45) is 0.972. The first-order valence-electron chi connectivity index (χ1n) is 6.33. The maximum absolute atomic E-state index is 5.99. The zero-order chi connectivity index (χ0) is 12.7. The van der Waals surface area contributed by atoms with E-state index in [4.69, 9.17) is 10.5 Å². The number of likely N-dealkylation sites (N-methyl/N-ethyl adjacent to an activating group) is 1. The van der Waals surface area contributed by atoms with Crippen molar-refractivity contribution >= 4 is 5.69 Å². The van der Waals surface area contributed by atoms with E-state index in [0.29, 0.717) is 0 Å². The number of benzene rings is 1. The zero-order valence-corrected chi connectivity index (χ0v) is 11.1. The SMILES string of the molecule is CCOCCN(C)c1ccc(C(N)CC)cc1. The molecule has 0 spiro atoms. The molecular weight excluding hydrogens is 212 g/mol. The highest BCUT2D eigenvalue weighted by Gasteiger charge is 2.04. The number of nitrogens with two attached hydrogens (primary N) is 1. The van der Waals surface area contributed by atoms with E-state index in [9.17, 15) is 0 Å². The molecule has 96 valence electrons. The van der Waals surface area contributed by atoms with Gasteiger partial charge in [0, 0.05) is 31.9 Å². The predicted octanol–water partition coefficient (Wildman–Crippen LogP) is 2.57. The Labute approximate surface area is 105 Å². The van der Waals surface area contributed by atoms with Crippen LogP contribution >= 0.6 is 0 Å². The molecule has 0 fully saturated rings. The molecular formula is C14H24N2O. The van der Waals surface area contributed by atoms with Crippen molar-refractivity contribution in [1.82, 2.24) is 0 Å². The summed E-state index contributed by atoms with van der Waals surface area (Å²) in [4.78, 5) is 2.19. The Kier molecular flexibility index (Phi) is 6.01. The average molecular weight is 236 g/mol. The number of ether oxygens (including phenoxy) is 1. The Bertz CT molecular complexity index is 311. The number of nitrogens with zero attached hydrogens (tertiary/aromatic N) is 1. The summed E-state index contributed by atoms with van der Waals surface area (Å²) in [6.45, 7) is 6.57. The first-order valence-corrected chi connectivity index (χ1v) is 6.33. The summed E-state index contributed by atoms with van der Waals surface area (Å²) in [6, 6.07) is 8.62. The van der Waals surface area contributed by atoms with Crippen LogP contribution in [0, 0.1) is 0 Å². The maximum Gasteiger partial charge on any atom is 0.0641 e. The minimum atomic E-state index is 0.151. The lowest BCUT2D eigenvalue weighted by Crippen LogP contribution is -2.22. The van der Waals surface area contributed by atoms with E-state index in [1.54, 1.807) is 0 Å². The third kappa shape index (κ3) is 4.36. The van der Waals surface area contributed by atoms with Crippen molar-refractivity contribution in [3.8, 4) is 0 Å². The molecule has 2 N–H and O–H groups in total. The highest BCUT2D eigenvalue weighted by atomic mass is 16.5. The first-order chi connectivity index (χ1) is 8.19. The number of anilines is 1. The molecule has 0 saturated heterocycles. The van der Waals surface area contributed by atoms with Gasteiger partial charge >= 0.3 is 0 Å². The molecule has 0 saturated carbocycles. The Morgan fingerprint density at radius 1 is 1.24 bits per heavy atom. The normalized spacial score (nSPS) is 12.5. The van der Waals surface area contributed by atoms with Gasteiger partial charge in [-0.3, -0.25) is 0 Å². The molecule has 0 radical (unpaired) electrons. The van der Waals surface area contributed by atoms with Gasteiger partial charge in [0.05, 0.1) is 6.61 Å². The van der Waals surface area contributed by atoms with E-state index in [-0.39, 0.29) is 6.04 Å². The van der Waals surface area contributed by atoms with Gasteiger partial charge in [-0.2, -0.15) is 0 Å².